The molecule has 82 valence electrons. The van der Waals surface area contributed by atoms with Crippen LogP contribution >= 0.6 is 11.3 Å². The number of rotatable bonds is 3. The highest BCUT2D eigenvalue weighted by molar-refractivity contribution is 7.17. The second-order valence-corrected chi connectivity index (χ2v) is 4.12. The molecule has 0 atom stereocenters. The van der Waals surface area contributed by atoms with Crippen molar-refractivity contribution in [2.45, 2.75) is 0 Å². The quantitative estimate of drug-likeness (QED) is 0.888. The molecule has 0 spiro atoms. The second kappa shape index (κ2) is 4.32. The fourth-order valence-corrected chi connectivity index (χ4v) is 2.07. The molecule has 0 aliphatic carbocycles. The first-order chi connectivity index (χ1) is 7.70. The van der Waals surface area contributed by atoms with Crippen molar-refractivity contribution in [3.05, 3.63) is 35.2 Å². The normalized spacial score (nSPS) is 10.1. The van der Waals surface area contributed by atoms with Crippen LogP contribution in [-0.2, 0) is 0 Å². The monoisotopic (exact) mass is 235 g/mol. The van der Waals surface area contributed by atoms with Gasteiger partial charge in [-0.1, -0.05) is 6.07 Å². The van der Waals surface area contributed by atoms with Gasteiger partial charge in [-0.2, -0.15) is 0 Å². The molecule has 0 unspecified atom stereocenters. The number of pyridine rings is 1. The van der Waals surface area contributed by atoms with E-state index in [1.807, 2.05) is 12.1 Å². The van der Waals surface area contributed by atoms with Gasteiger partial charge in [-0.25, -0.2) is 9.78 Å². The van der Waals surface area contributed by atoms with Crippen LogP contribution in [0.15, 0.2) is 30.3 Å². The maximum atomic E-state index is 10.7. The molecule has 16 heavy (non-hydrogen) atoms. The molecule has 2 aromatic rings. The van der Waals surface area contributed by atoms with Crippen LogP contribution in [0.5, 0.6) is 5.88 Å². The van der Waals surface area contributed by atoms with E-state index >= 15 is 0 Å². The summed E-state index contributed by atoms with van der Waals surface area (Å²) in [5.74, 6) is -0.401. The van der Waals surface area contributed by atoms with E-state index in [1.165, 1.54) is 11.3 Å². The number of nitrogens with zero attached hydrogens (tertiary/aromatic N) is 1. The fourth-order valence-electron chi connectivity index (χ4n) is 1.26. The summed E-state index contributed by atoms with van der Waals surface area (Å²) in [6.07, 6.45) is 0. The molecule has 0 saturated carbocycles. The zero-order chi connectivity index (χ0) is 11.5. The van der Waals surface area contributed by atoms with Gasteiger partial charge in [0.25, 0.3) is 0 Å². The molecule has 0 radical (unpaired) electrons. The Morgan fingerprint density at radius 3 is 2.81 bits per heavy atom. The van der Waals surface area contributed by atoms with Crippen LogP contribution in [0.2, 0.25) is 0 Å². The molecule has 2 heterocycles. The first kappa shape index (κ1) is 10.6. The van der Waals surface area contributed by atoms with Crippen LogP contribution in [0.1, 0.15) is 9.67 Å². The van der Waals surface area contributed by atoms with Gasteiger partial charge in [-0.3, -0.25) is 0 Å². The SMILES string of the molecule is COc1cccc(-c2ccc(C(=O)O)s2)n1. The van der Waals surface area contributed by atoms with Crippen LogP contribution in [-0.4, -0.2) is 23.2 Å². The van der Waals surface area contributed by atoms with Crippen LogP contribution in [0.3, 0.4) is 0 Å². The summed E-state index contributed by atoms with van der Waals surface area (Å²) >= 11 is 1.20. The predicted molar refractivity (Wildman–Crippen MR) is 61.1 cm³/mol. The average molecular weight is 235 g/mol. The number of ether oxygens (including phenoxy) is 1. The van der Waals surface area contributed by atoms with Crippen molar-refractivity contribution in [2.75, 3.05) is 7.11 Å². The largest absolute Gasteiger partial charge is 0.481 e. The number of thiophene rings is 1. The Bertz CT molecular complexity index is 521. The van der Waals surface area contributed by atoms with Crippen LogP contribution in [0.25, 0.3) is 10.6 Å². The number of aromatic carboxylic acids is 1. The zero-order valence-corrected chi connectivity index (χ0v) is 9.32. The van der Waals surface area contributed by atoms with E-state index in [2.05, 4.69) is 4.98 Å². The third-order valence-electron chi connectivity index (χ3n) is 2.00. The van der Waals surface area contributed by atoms with Gasteiger partial charge in [0.05, 0.1) is 17.7 Å². The van der Waals surface area contributed by atoms with Crippen LogP contribution < -0.4 is 4.74 Å². The fraction of sp³-hybridized carbons (Fsp3) is 0.0909. The van der Waals surface area contributed by atoms with Gasteiger partial charge in [0.2, 0.25) is 5.88 Å². The molecule has 0 aromatic carbocycles. The Kier molecular flexibility index (Phi) is 2.87. The summed E-state index contributed by atoms with van der Waals surface area (Å²) in [6, 6.07) is 8.70. The van der Waals surface area contributed by atoms with E-state index in [0.717, 1.165) is 10.6 Å². The lowest BCUT2D eigenvalue weighted by molar-refractivity contribution is 0.0702. The number of carboxylic acid groups (broad SMARTS) is 1. The third-order valence-corrected chi connectivity index (χ3v) is 3.10. The zero-order valence-electron chi connectivity index (χ0n) is 8.51. The maximum Gasteiger partial charge on any atom is 0.345 e. The molecular formula is C11H9NO3S. The summed E-state index contributed by atoms with van der Waals surface area (Å²) in [4.78, 5) is 16.1. The molecule has 5 heteroatoms. The van der Waals surface area contributed by atoms with Crippen molar-refractivity contribution in [1.29, 1.82) is 0 Å². The molecule has 2 rings (SSSR count). The summed E-state index contributed by atoms with van der Waals surface area (Å²) in [5.41, 5.74) is 0.719. The Hall–Kier alpha value is -1.88. The van der Waals surface area contributed by atoms with Crippen LogP contribution in [0.4, 0.5) is 0 Å². The summed E-state index contributed by atoms with van der Waals surface area (Å²) < 4.78 is 5.01. The van der Waals surface area contributed by atoms with Crippen molar-refractivity contribution in [3.8, 4) is 16.5 Å². The Morgan fingerprint density at radius 2 is 2.19 bits per heavy atom. The highest BCUT2D eigenvalue weighted by Gasteiger charge is 2.09. The lowest BCUT2D eigenvalue weighted by Gasteiger charge is -2.00. The van der Waals surface area contributed by atoms with E-state index < -0.39 is 5.97 Å². The van der Waals surface area contributed by atoms with Gasteiger partial charge in [0.15, 0.2) is 0 Å². The average Bonchev–Trinajstić information content (AvgIpc) is 2.78. The van der Waals surface area contributed by atoms with Crippen LogP contribution in [0, 0.1) is 0 Å². The van der Waals surface area contributed by atoms with Gasteiger partial charge in [0, 0.05) is 6.07 Å². The maximum absolute atomic E-state index is 10.7. The van der Waals surface area contributed by atoms with Crippen molar-refractivity contribution < 1.29 is 14.6 Å². The standard InChI is InChI=1S/C11H9NO3S/c1-15-10-4-2-3-7(12-10)8-5-6-9(16-8)11(13)14/h2-6H,1H3,(H,13,14). The molecule has 0 amide bonds. The first-order valence-corrected chi connectivity index (χ1v) is 5.37. The Morgan fingerprint density at radius 1 is 1.38 bits per heavy atom. The number of carbonyl (C=O) groups is 1. The lowest BCUT2D eigenvalue weighted by Crippen LogP contribution is -1.89. The number of hydrogen-bond acceptors (Lipinski definition) is 4. The van der Waals surface area contributed by atoms with E-state index in [1.54, 1.807) is 25.3 Å². The number of aromatic nitrogens is 1. The van der Waals surface area contributed by atoms with Gasteiger partial charge >= 0.3 is 5.97 Å². The molecule has 0 aliphatic rings. The third kappa shape index (κ3) is 2.04. The van der Waals surface area contributed by atoms with E-state index in [9.17, 15) is 4.79 Å². The van der Waals surface area contributed by atoms with Gasteiger partial charge < -0.3 is 9.84 Å². The van der Waals surface area contributed by atoms with E-state index in [-0.39, 0.29) is 0 Å². The summed E-state index contributed by atoms with van der Waals surface area (Å²) in [7, 11) is 1.54. The van der Waals surface area contributed by atoms with E-state index in [0.29, 0.717) is 10.8 Å². The summed E-state index contributed by atoms with van der Waals surface area (Å²) in [5, 5.41) is 8.81. The minimum atomic E-state index is -0.917. The smallest absolute Gasteiger partial charge is 0.345 e. The second-order valence-electron chi connectivity index (χ2n) is 3.03. The number of carboxylic acids is 1. The Labute approximate surface area is 96.1 Å². The molecule has 2 aromatic heterocycles. The topological polar surface area (TPSA) is 59.4 Å². The molecule has 0 bridgehead atoms. The van der Waals surface area contributed by atoms with Crippen molar-refractivity contribution in [3.63, 3.8) is 0 Å². The van der Waals surface area contributed by atoms with Gasteiger partial charge in [-0.05, 0) is 18.2 Å². The van der Waals surface area contributed by atoms with Crippen molar-refractivity contribution in [1.82, 2.24) is 4.98 Å². The first-order valence-electron chi connectivity index (χ1n) is 4.55. The number of hydrogen-bond donors (Lipinski definition) is 1. The molecular weight excluding hydrogens is 226 g/mol. The minimum Gasteiger partial charge on any atom is -0.481 e. The highest BCUT2D eigenvalue weighted by Crippen LogP contribution is 2.27. The Balaban J connectivity index is 2.38. The predicted octanol–water partition coefficient (Wildman–Crippen LogP) is 2.52. The van der Waals surface area contributed by atoms with Gasteiger partial charge in [-0.15, -0.1) is 11.3 Å². The molecule has 0 saturated heterocycles. The molecule has 4 nitrogen and oxygen atoms in total. The molecule has 0 aliphatic heterocycles. The van der Waals surface area contributed by atoms with Crippen molar-refractivity contribution >= 4 is 17.3 Å². The highest BCUT2D eigenvalue weighted by atomic mass is 32.1. The summed E-state index contributed by atoms with van der Waals surface area (Å²) in [6.45, 7) is 0. The lowest BCUT2D eigenvalue weighted by atomic mass is 10.3. The minimum absolute atomic E-state index is 0.305. The van der Waals surface area contributed by atoms with Crippen molar-refractivity contribution in [2.24, 2.45) is 0 Å². The number of methoxy groups -OCH3 is 1. The van der Waals surface area contributed by atoms with E-state index in [4.69, 9.17) is 9.84 Å². The molecule has 1 N–H and O–H groups in total. The molecule has 0 fully saturated rings. The van der Waals surface area contributed by atoms with Gasteiger partial charge in [0.1, 0.15) is 4.88 Å².